The lowest BCUT2D eigenvalue weighted by Crippen LogP contribution is -3.00. The van der Waals surface area contributed by atoms with Gasteiger partial charge in [-0.1, -0.05) is 128 Å². The van der Waals surface area contributed by atoms with Gasteiger partial charge in [-0.25, -0.2) is 0 Å². The zero-order valence-corrected chi connectivity index (χ0v) is 53.6. The van der Waals surface area contributed by atoms with Crippen molar-refractivity contribution < 1.29 is 76.3 Å². The lowest BCUT2D eigenvalue weighted by molar-refractivity contribution is -0.443. The highest BCUT2D eigenvalue weighted by Crippen LogP contribution is 2.45. The fourth-order valence-corrected chi connectivity index (χ4v) is 9.89. The van der Waals surface area contributed by atoms with Gasteiger partial charge in [0.05, 0.1) is 63.7 Å². The molecule has 2 aliphatic heterocycles. The van der Waals surface area contributed by atoms with Crippen LogP contribution in [-0.2, 0) is 44.0 Å². The van der Waals surface area contributed by atoms with Gasteiger partial charge < -0.3 is 67.7 Å². The predicted octanol–water partition coefficient (Wildman–Crippen LogP) is 8.27. The van der Waals surface area contributed by atoms with Crippen LogP contribution in [0.2, 0.25) is 0 Å². The van der Waals surface area contributed by atoms with Crippen LogP contribution in [0, 0.1) is 0 Å². The van der Waals surface area contributed by atoms with E-state index in [0.29, 0.717) is 66.1 Å². The van der Waals surface area contributed by atoms with Gasteiger partial charge in [0.25, 0.3) is 0 Å². The molecule has 1 N–H and O–H groups in total. The maximum atomic E-state index is 12.1. The van der Waals surface area contributed by atoms with E-state index in [4.69, 9.17) is 28.4 Å². The molecule has 0 unspecified atom stereocenters. The van der Waals surface area contributed by atoms with Gasteiger partial charge in [-0.05, 0) is 97.8 Å². The first-order chi connectivity index (χ1) is 38.9. The van der Waals surface area contributed by atoms with Crippen molar-refractivity contribution in [2.75, 3.05) is 104 Å². The average molecular weight is 1280 g/mol. The van der Waals surface area contributed by atoms with E-state index < -0.39 is 0 Å². The topological polar surface area (TPSA) is 93.7 Å². The van der Waals surface area contributed by atoms with Crippen molar-refractivity contribution in [3.63, 3.8) is 0 Å². The molecular weight excluding hydrogens is 1190 g/mol. The lowest BCUT2D eigenvalue weighted by atomic mass is 9.79. The summed E-state index contributed by atoms with van der Waals surface area (Å²) in [6.07, 6.45) is 21.2. The standard InChI is InChI=1S/C35H41N2O4.C22H30NO3.C12H13N.2BrH.ClH/c1-28(38)36(30-15-8-7-9-16-30)21-13-6-5-10-18-33-35(2,3)34-31-17-12-11-14-29(31)19-20-32(34)37(33)22-23-40-26-27-41-25-24-39-4;1-17-22(2,3)21-19-8-6-5-7-18(19)9-10-20(21)23(17)11-12-25-15-16-26-14-13-24-4;1-2-3-4-8-11-13-12-9-6-5-7-10-12;;;/h5-21H,22-27H2,1-4H3;5-10H,11-16H2,1-4H3;2-11,13H,1H2;3*1H/q2*+1;;;;/p-2/b;;4-3+,11-8+;;;. The number of ether oxygens (including phenoxy) is 6. The summed E-state index contributed by atoms with van der Waals surface area (Å²) in [5.41, 5.74) is 9.65. The van der Waals surface area contributed by atoms with Crippen LogP contribution >= 0.6 is 12.4 Å². The Hall–Kier alpha value is -6.10. The van der Waals surface area contributed by atoms with Crippen molar-refractivity contribution >= 4 is 74.0 Å². The van der Waals surface area contributed by atoms with E-state index in [0.717, 1.165) is 24.5 Å². The number of para-hydroxylation sites is 2. The Morgan fingerprint density at radius 1 is 0.542 bits per heavy atom. The summed E-state index contributed by atoms with van der Waals surface area (Å²) in [5, 5.41) is 8.31. The highest BCUT2D eigenvalue weighted by atomic mass is 79.9. The maximum absolute atomic E-state index is 12.1. The molecule has 8 rings (SSSR count). The predicted molar refractivity (Wildman–Crippen MR) is 339 cm³/mol. The molecule has 0 aromatic heterocycles. The highest BCUT2D eigenvalue weighted by Gasteiger charge is 2.46. The number of methoxy groups -OCH3 is 2. The van der Waals surface area contributed by atoms with Crippen molar-refractivity contribution in [2.24, 2.45) is 0 Å². The van der Waals surface area contributed by atoms with E-state index in [1.54, 1.807) is 38.3 Å². The van der Waals surface area contributed by atoms with Gasteiger partial charge in [0, 0.05) is 81.2 Å². The molecule has 6 aromatic carbocycles. The normalized spacial score (nSPS) is 13.8. The Labute approximate surface area is 521 Å². The Bertz CT molecular complexity index is 3160. The van der Waals surface area contributed by atoms with E-state index in [-0.39, 0.29) is 63.1 Å². The quantitative estimate of drug-likeness (QED) is 0.0313. The minimum absolute atomic E-state index is 0. The second kappa shape index (κ2) is 38.0. The molecule has 0 aliphatic carbocycles. The van der Waals surface area contributed by atoms with Crippen molar-refractivity contribution in [1.29, 1.82) is 0 Å². The molecule has 14 heteroatoms. The minimum Gasteiger partial charge on any atom is -1.00 e. The summed E-state index contributed by atoms with van der Waals surface area (Å²) in [6.45, 7) is 24.2. The van der Waals surface area contributed by atoms with Crippen LogP contribution in [0.4, 0.5) is 22.7 Å². The van der Waals surface area contributed by atoms with Crippen LogP contribution in [0.25, 0.3) is 21.5 Å². The second-order valence-corrected chi connectivity index (χ2v) is 20.1. The van der Waals surface area contributed by atoms with Gasteiger partial charge >= 0.3 is 0 Å². The maximum Gasteiger partial charge on any atom is 0.227 e. The summed E-state index contributed by atoms with van der Waals surface area (Å²) >= 11 is 0. The number of nitrogens with zero attached hydrogens (tertiary/aromatic N) is 3. The van der Waals surface area contributed by atoms with E-state index in [9.17, 15) is 4.79 Å². The molecule has 0 bridgehead atoms. The van der Waals surface area contributed by atoms with Crippen LogP contribution < -0.4 is 44.2 Å². The van der Waals surface area contributed by atoms with Gasteiger partial charge in [0.1, 0.15) is 13.2 Å². The molecular formula is C69H85Br2ClN4O7. The number of fused-ring (bicyclic) bond motifs is 6. The number of allylic oxidation sites excluding steroid dienone is 9. The number of carbonyl (C=O) groups is 1. The smallest absolute Gasteiger partial charge is 0.227 e. The molecule has 2 heterocycles. The number of amides is 1. The minimum atomic E-state index is -0.196. The number of anilines is 2. The van der Waals surface area contributed by atoms with Gasteiger partial charge in [-0.2, -0.15) is 9.15 Å². The third-order valence-electron chi connectivity index (χ3n) is 14.1. The van der Waals surface area contributed by atoms with E-state index in [1.807, 2.05) is 103 Å². The number of rotatable bonds is 27. The zero-order chi connectivity index (χ0) is 57.0. The summed E-state index contributed by atoms with van der Waals surface area (Å²) in [6, 6.07) is 45.8. The van der Waals surface area contributed by atoms with Crippen LogP contribution in [0.15, 0.2) is 207 Å². The molecule has 2 aliphatic rings. The van der Waals surface area contributed by atoms with Gasteiger partial charge in [0.2, 0.25) is 17.3 Å². The molecule has 0 atom stereocenters. The molecule has 11 nitrogen and oxygen atoms in total. The van der Waals surface area contributed by atoms with Crippen LogP contribution in [0.1, 0.15) is 52.7 Å². The Morgan fingerprint density at radius 3 is 1.54 bits per heavy atom. The van der Waals surface area contributed by atoms with Crippen molar-refractivity contribution in [2.45, 2.75) is 52.4 Å². The molecule has 0 spiro atoms. The molecule has 0 saturated carbocycles. The number of benzene rings is 6. The van der Waals surface area contributed by atoms with Crippen molar-refractivity contribution in [3.8, 4) is 0 Å². The molecule has 83 heavy (non-hydrogen) atoms. The number of hydrogen-bond acceptors (Lipinski definition) is 8. The number of halogens is 3. The molecule has 6 aromatic rings. The van der Waals surface area contributed by atoms with Gasteiger partial charge in [0.15, 0.2) is 24.5 Å². The monoisotopic (exact) mass is 1270 g/mol. The van der Waals surface area contributed by atoms with E-state index >= 15 is 0 Å². The SMILES string of the molecule is C=C/C=C/C=C/Nc1ccccc1.COCCOCCOCC[N+]1=C(/C=C/C=C/C=C/N(C(C)=O)c2ccccc2)C(C)(C)c2c1ccc1ccccc21.COCCOCCOCC[N+]1=C(C)C(C)(C)c2c1ccc1ccccc21.Cl.[Br-].[Br-]. The first kappa shape index (κ1) is 71.2. The molecule has 0 saturated heterocycles. The van der Waals surface area contributed by atoms with E-state index in [1.165, 1.54) is 55.5 Å². The van der Waals surface area contributed by atoms with Gasteiger partial charge in [-0.3, -0.25) is 9.69 Å². The highest BCUT2D eigenvalue weighted by molar-refractivity contribution is 6.08. The molecule has 444 valence electrons. The summed E-state index contributed by atoms with van der Waals surface area (Å²) < 4.78 is 37.4. The molecule has 1 amide bonds. The van der Waals surface area contributed by atoms with Crippen molar-refractivity contribution in [1.82, 2.24) is 0 Å². The Morgan fingerprint density at radius 2 is 1.00 bits per heavy atom. The third-order valence-corrected chi connectivity index (χ3v) is 14.1. The fourth-order valence-electron chi connectivity index (χ4n) is 9.89. The Balaban J connectivity index is 0.000000366. The van der Waals surface area contributed by atoms with Crippen LogP contribution in [0.3, 0.4) is 0 Å². The van der Waals surface area contributed by atoms with E-state index in [2.05, 4.69) is 141 Å². The van der Waals surface area contributed by atoms with Crippen molar-refractivity contribution in [3.05, 3.63) is 218 Å². The summed E-state index contributed by atoms with van der Waals surface area (Å²) in [4.78, 5) is 13.8. The third kappa shape index (κ3) is 20.6. The zero-order valence-electron chi connectivity index (χ0n) is 49.6. The lowest BCUT2D eigenvalue weighted by Gasteiger charge is -2.17. The summed E-state index contributed by atoms with van der Waals surface area (Å²) in [7, 11) is 3.35. The van der Waals surface area contributed by atoms with Crippen LogP contribution in [0.5, 0.6) is 0 Å². The largest absolute Gasteiger partial charge is 1.00 e. The number of carbonyl (C=O) groups excluding carboxylic acids is 1. The molecule has 0 fully saturated rings. The fraction of sp³-hybridized carbons (Fsp3) is 0.319. The first-order valence-electron chi connectivity index (χ1n) is 27.7. The molecule has 0 radical (unpaired) electrons. The summed E-state index contributed by atoms with van der Waals surface area (Å²) in [5.74, 6) is -0.0379. The first-order valence-corrected chi connectivity index (χ1v) is 27.7. The van der Waals surface area contributed by atoms with Gasteiger partial charge in [-0.15, -0.1) is 12.4 Å². The average Bonchev–Trinajstić information content (AvgIpc) is 3.82. The Kier molecular flexibility index (Phi) is 32.6. The number of nitrogens with one attached hydrogen (secondary N) is 1. The number of hydrogen-bond donors (Lipinski definition) is 1. The van der Waals surface area contributed by atoms with Crippen LogP contribution in [-0.4, -0.2) is 120 Å². The second-order valence-electron chi connectivity index (χ2n) is 20.1.